The van der Waals surface area contributed by atoms with E-state index in [4.69, 9.17) is 15.0 Å². The Balaban J connectivity index is 1.99. The van der Waals surface area contributed by atoms with E-state index in [0.29, 0.717) is 0 Å². The first-order valence-corrected chi connectivity index (χ1v) is 7.74. The molecule has 0 unspecified atom stereocenters. The molecular formula is C17H22BN3O2. The molecule has 1 saturated heterocycles. The van der Waals surface area contributed by atoms with E-state index in [0.717, 1.165) is 22.3 Å². The maximum absolute atomic E-state index is 6.14. The predicted molar refractivity (Wildman–Crippen MR) is 92.3 cm³/mol. The number of nitrogens with zero attached hydrogens (tertiary/aromatic N) is 2. The second-order valence-electron chi connectivity index (χ2n) is 7.02. The summed E-state index contributed by atoms with van der Waals surface area (Å²) in [4.78, 5) is 8.24. The second kappa shape index (κ2) is 5.32. The van der Waals surface area contributed by atoms with Crippen LogP contribution in [-0.2, 0) is 9.31 Å². The first-order valence-electron chi connectivity index (χ1n) is 7.74. The molecule has 3 rings (SSSR count). The van der Waals surface area contributed by atoms with Crippen LogP contribution in [0, 0.1) is 6.92 Å². The minimum absolute atomic E-state index is 0.265. The van der Waals surface area contributed by atoms with E-state index in [2.05, 4.69) is 49.8 Å². The van der Waals surface area contributed by atoms with Crippen LogP contribution >= 0.6 is 0 Å². The molecule has 0 radical (unpaired) electrons. The van der Waals surface area contributed by atoms with Crippen LogP contribution in [0.2, 0.25) is 0 Å². The van der Waals surface area contributed by atoms with E-state index in [9.17, 15) is 0 Å². The van der Waals surface area contributed by atoms with Crippen molar-refractivity contribution < 1.29 is 9.31 Å². The summed E-state index contributed by atoms with van der Waals surface area (Å²) in [6, 6.07) is 8.03. The lowest BCUT2D eigenvalue weighted by Gasteiger charge is -2.32. The van der Waals surface area contributed by atoms with Gasteiger partial charge in [-0.25, -0.2) is 9.97 Å². The molecule has 23 heavy (non-hydrogen) atoms. The number of nitrogens with two attached hydrogens (primary N) is 1. The molecule has 1 aromatic carbocycles. The average molecular weight is 311 g/mol. The van der Waals surface area contributed by atoms with Crippen LogP contribution in [0.15, 0.2) is 30.5 Å². The van der Waals surface area contributed by atoms with Gasteiger partial charge in [0, 0.05) is 11.8 Å². The van der Waals surface area contributed by atoms with Crippen molar-refractivity contribution in [1.82, 2.24) is 9.97 Å². The molecule has 1 fully saturated rings. The number of hydrogen-bond donors (Lipinski definition) is 1. The van der Waals surface area contributed by atoms with Crippen LogP contribution in [0.5, 0.6) is 0 Å². The van der Waals surface area contributed by atoms with Crippen LogP contribution in [0.3, 0.4) is 0 Å². The van der Waals surface area contributed by atoms with Crippen molar-refractivity contribution in [2.24, 2.45) is 0 Å². The molecule has 1 aromatic heterocycles. The lowest BCUT2D eigenvalue weighted by atomic mass is 9.77. The van der Waals surface area contributed by atoms with E-state index in [-0.39, 0.29) is 17.2 Å². The third kappa shape index (κ3) is 2.96. The number of aryl methyl sites for hydroxylation is 1. The largest absolute Gasteiger partial charge is 0.494 e. The molecule has 2 aromatic rings. The highest BCUT2D eigenvalue weighted by molar-refractivity contribution is 6.62. The summed E-state index contributed by atoms with van der Waals surface area (Å²) in [5, 5.41) is 0. The number of anilines is 1. The minimum Gasteiger partial charge on any atom is -0.399 e. The summed E-state index contributed by atoms with van der Waals surface area (Å²) in [5.74, 6) is 0.265. The summed E-state index contributed by atoms with van der Waals surface area (Å²) in [6.07, 6.45) is 1.66. The van der Waals surface area contributed by atoms with Crippen molar-refractivity contribution in [2.75, 3.05) is 5.73 Å². The van der Waals surface area contributed by atoms with E-state index in [1.54, 1.807) is 6.20 Å². The third-order valence-corrected chi connectivity index (χ3v) is 4.60. The summed E-state index contributed by atoms with van der Waals surface area (Å²) in [6.45, 7) is 10.2. The molecule has 0 spiro atoms. The molecule has 2 N–H and O–H groups in total. The van der Waals surface area contributed by atoms with Crippen LogP contribution in [0.25, 0.3) is 11.3 Å². The lowest BCUT2D eigenvalue weighted by Crippen LogP contribution is -2.41. The summed E-state index contributed by atoms with van der Waals surface area (Å²) >= 11 is 0. The Bertz CT molecular complexity index is 730. The lowest BCUT2D eigenvalue weighted by molar-refractivity contribution is 0.00578. The quantitative estimate of drug-likeness (QED) is 0.862. The van der Waals surface area contributed by atoms with Gasteiger partial charge in [-0.2, -0.15) is 0 Å². The van der Waals surface area contributed by atoms with Crippen molar-refractivity contribution in [3.05, 3.63) is 36.0 Å². The Morgan fingerprint density at radius 2 is 1.70 bits per heavy atom. The highest BCUT2D eigenvalue weighted by atomic mass is 16.7. The third-order valence-electron chi connectivity index (χ3n) is 4.60. The van der Waals surface area contributed by atoms with Crippen LogP contribution in [-0.4, -0.2) is 28.3 Å². The number of hydrogen-bond acceptors (Lipinski definition) is 5. The van der Waals surface area contributed by atoms with Gasteiger partial charge in [0.25, 0.3) is 0 Å². The zero-order valence-corrected chi connectivity index (χ0v) is 14.3. The van der Waals surface area contributed by atoms with Gasteiger partial charge in [-0.05, 0) is 52.2 Å². The van der Waals surface area contributed by atoms with Gasteiger partial charge in [-0.1, -0.05) is 17.7 Å². The van der Waals surface area contributed by atoms with Crippen LogP contribution in [0.1, 0.15) is 33.3 Å². The molecule has 1 aliphatic heterocycles. The first kappa shape index (κ1) is 16.0. The smallest absolute Gasteiger partial charge is 0.399 e. The van der Waals surface area contributed by atoms with Gasteiger partial charge in [0.2, 0.25) is 5.95 Å². The van der Waals surface area contributed by atoms with Gasteiger partial charge < -0.3 is 15.0 Å². The van der Waals surface area contributed by atoms with Crippen LogP contribution in [0.4, 0.5) is 5.95 Å². The highest BCUT2D eigenvalue weighted by Gasteiger charge is 2.51. The SMILES string of the molecule is Cc1cc(B2OC(C)(C)C(C)(C)O2)cc(-c2ccnc(N)n2)c1. The highest BCUT2D eigenvalue weighted by Crippen LogP contribution is 2.36. The molecule has 6 heteroatoms. The summed E-state index contributed by atoms with van der Waals surface area (Å²) in [5.41, 5.74) is 8.84. The molecule has 120 valence electrons. The number of nitrogen functional groups attached to an aromatic ring is 1. The van der Waals surface area contributed by atoms with Gasteiger partial charge in [-0.3, -0.25) is 0 Å². The van der Waals surface area contributed by atoms with E-state index in [1.807, 2.05) is 19.1 Å². The minimum atomic E-state index is -0.391. The molecule has 5 nitrogen and oxygen atoms in total. The topological polar surface area (TPSA) is 70.3 Å². The number of aromatic nitrogens is 2. The Kier molecular flexibility index (Phi) is 3.69. The number of rotatable bonds is 2. The van der Waals surface area contributed by atoms with Crippen molar-refractivity contribution in [2.45, 2.75) is 45.8 Å². The maximum Gasteiger partial charge on any atom is 0.494 e. The molecule has 1 aliphatic rings. The summed E-state index contributed by atoms with van der Waals surface area (Å²) < 4.78 is 12.3. The van der Waals surface area contributed by atoms with Gasteiger partial charge in [0.1, 0.15) is 0 Å². The Morgan fingerprint density at radius 1 is 1.04 bits per heavy atom. The predicted octanol–water partition coefficient (Wildman–Crippen LogP) is 2.33. The fourth-order valence-corrected chi connectivity index (χ4v) is 2.61. The Hall–Kier alpha value is -1.92. The fourth-order valence-electron chi connectivity index (χ4n) is 2.61. The van der Waals surface area contributed by atoms with Gasteiger partial charge in [0.15, 0.2) is 0 Å². The van der Waals surface area contributed by atoms with Crippen molar-refractivity contribution >= 4 is 18.5 Å². The second-order valence-corrected chi connectivity index (χ2v) is 7.02. The Labute approximate surface area is 137 Å². The molecule has 2 heterocycles. The number of benzene rings is 1. The average Bonchev–Trinajstić information content (AvgIpc) is 2.67. The van der Waals surface area contributed by atoms with Crippen molar-refractivity contribution in [3.8, 4) is 11.3 Å². The molecular weight excluding hydrogens is 289 g/mol. The fraction of sp³-hybridized carbons (Fsp3) is 0.412. The van der Waals surface area contributed by atoms with Crippen molar-refractivity contribution in [1.29, 1.82) is 0 Å². The van der Waals surface area contributed by atoms with Gasteiger partial charge in [-0.15, -0.1) is 0 Å². The molecule has 0 bridgehead atoms. The first-order chi connectivity index (χ1) is 10.7. The maximum atomic E-state index is 6.14. The summed E-state index contributed by atoms with van der Waals surface area (Å²) in [7, 11) is -0.391. The zero-order chi connectivity index (χ0) is 16.8. The van der Waals surface area contributed by atoms with E-state index >= 15 is 0 Å². The van der Waals surface area contributed by atoms with Crippen LogP contribution < -0.4 is 11.2 Å². The molecule has 0 amide bonds. The normalized spacial score (nSPS) is 19.1. The Morgan fingerprint density at radius 3 is 2.30 bits per heavy atom. The standard InChI is InChI=1S/C17H22BN3O2/c1-11-8-12(14-6-7-20-15(19)21-14)10-13(9-11)18-22-16(2,3)17(4,5)23-18/h6-10H,1-5H3,(H2,19,20,21). The van der Waals surface area contributed by atoms with Crippen molar-refractivity contribution in [3.63, 3.8) is 0 Å². The van der Waals surface area contributed by atoms with E-state index < -0.39 is 7.12 Å². The van der Waals surface area contributed by atoms with E-state index in [1.165, 1.54) is 0 Å². The molecule has 0 atom stereocenters. The van der Waals surface area contributed by atoms with Gasteiger partial charge >= 0.3 is 7.12 Å². The monoisotopic (exact) mass is 311 g/mol. The van der Waals surface area contributed by atoms with Gasteiger partial charge in [0.05, 0.1) is 16.9 Å². The molecule has 0 aliphatic carbocycles. The zero-order valence-electron chi connectivity index (χ0n) is 14.3. The molecule has 0 saturated carbocycles.